The summed E-state index contributed by atoms with van der Waals surface area (Å²) in [5.41, 5.74) is 0. The average molecular weight is 1050 g/mol. The highest BCUT2D eigenvalue weighted by Crippen LogP contribution is 2.17. The van der Waals surface area contributed by atoms with Crippen molar-refractivity contribution in [3.8, 4) is 0 Å². The monoisotopic (exact) mass is 1050 g/mol. The third-order valence-electron chi connectivity index (χ3n) is 9.50. The van der Waals surface area contributed by atoms with Crippen LogP contribution in [0.15, 0.2) is 0 Å². The van der Waals surface area contributed by atoms with E-state index in [-0.39, 0.29) is 185 Å². The van der Waals surface area contributed by atoms with E-state index < -0.39 is 29.7 Å². The van der Waals surface area contributed by atoms with Gasteiger partial charge < -0.3 is 44.9 Å². The number of carbonyl (C=O) groups is 7. The maximum atomic E-state index is 12.4. The van der Waals surface area contributed by atoms with Gasteiger partial charge in [-0.1, -0.05) is 85.0 Å². The molecule has 0 aromatic rings. The number of hydrogen-bond acceptors (Lipinski definition) is 11. The average Bonchev–Trinajstić information content (AvgIpc) is 3.17. The number of nitrogens with one attached hydrogen (secondary N) is 2. The van der Waals surface area contributed by atoms with Crippen molar-refractivity contribution < 1.29 is 69.3 Å². The molecular weight excluding hydrogens is 961 g/mol. The van der Waals surface area contributed by atoms with Gasteiger partial charge in [0.2, 0.25) is 11.8 Å². The molecule has 65 heavy (non-hydrogen) atoms. The van der Waals surface area contributed by atoms with Gasteiger partial charge in [-0.15, -0.1) is 0 Å². The van der Waals surface area contributed by atoms with E-state index in [2.05, 4.69) is 10.6 Å². The maximum absolute atomic E-state index is 12.4. The molecule has 0 bridgehead atoms. The molecule has 0 fully saturated rings. The highest BCUT2D eigenvalue weighted by atomic mass is 32.1. The quantitative estimate of drug-likeness (QED) is 0.0384. The Kier molecular flexibility index (Phi) is 72.9. The number of amides is 2. The summed E-state index contributed by atoms with van der Waals surface area (Å²) < 4.78 is 21.4. The molecule has 0 unspecified atom stereocenters. The van der Waals surface area contributed by atoms with Crippen LogP contribution in [0.4, 0.5) is 0 Å². The Hall–Kier alpha value is -1.37. The summed E-state index contributed by atoms with van der Waals surface area (Å²) in [5.74, 6) is -4.62. The van der Waals surface area contributed by atoms with Crippen LogP contribution in [0.3, 0.4) is 0 Å². The van der Waals surface area contributed by atoms with Gasteiger partial charge >= 0.3 is 17.9 Å². The molecule has 0 radical (unpaired) electrons. The van der Waals surface area contributed by atoms with Crippen LogP contribution in [0.1, 0.15) is 157 Å². The number of carboxylic acid groups (broad SMARTS) is 3. The van der Waals surface area contributed by atoms with Crippen LogP contribution >= 0.6 is 81.0 Å². The van der Waals surface area contributed by atoms with Crippen molar-refractivity contribution in [2.24, 2.45) is 11.8 Å². The SMILES string of the molecule is C.C[C@@H](CCCCNC(=O)COCCOCCCC(=O)COCCOCCNC(=O)CC[C@H](CC(=O)CCCCCCCCCCCCCCC(=O)O)C(=O)O)C(=O)O.S.S.S.S.S.S.[HH]. The molecule has 0 spiro atoms. The van der Waals surface area contributed by atoms with E-state index in [4.69, 9.17) is 29.2 Å². The van der Waals surface area contributed by atoms with E-state index >= 15 is 0 Å². The molecule has 0 saturated heterocycles. The first-order chi connectivity index (χ1) is 27.9. The fourth-order valence-corrected chi connectivity index (χ4v) is 5.92. The Morgan fingerprint density at radius 3 is 1.43 bits per heavy atom. The first kappa shape index (κ1) is 80.7. The van der Waals surface area contributed by atoms with Crippen LogP contribution in [-0.4, -0.2) is 123 Å². The molecule has 2 atom stereocenters. The summed E-state index contributed by atoms with van der Waals surface area (Å²) in [6.45, 7) is 3.79. The Morgan fingerprint density at radius 1 is 0.446 bits per heavy atom. The van der Waals surface area contributed by atoms with Gasteiger partial charge in [-0.3, -0.25) is 33.6 Å². The van der Waals surface area contributed by atoms with Crippen LogP contribution in [0.2, 0.25) is 0 Å². The van der Waals surface area contributed by atoms with Crippen molar-refractivity contribution in [3.63, 3.8) is 0 Å². The number of carboxylic acids is 3. The molecule has 0 aliphatic heterocycles. The molecule has 0 rings (SSSR count). The molecule has 0 aromatic carbocycles. The van der Waals surface area contributed by atoms with E-state index in [1.807, 2.05) is 0 Å². The van der Waals surface area contributed by atoms with Crippen molar-refractivity contribution in [1.29, 1.82) is 0 Å². The van der Waals surface area contributed by atoms with E-state index in [0.29, 0.717) is 51.9 Å². The third-order valence-corrected chi connectivity index (χ3v) is 9.50. The number of unbranched alkanes of at least 4 members (excludes halogenated alkanes) is 12. The van der Waals surface area contributed by atoms with Gasteiger partial charge in [0, 0.05) is 53.2 Å². The van der Waals surface area contributed by atoms with Gasteiger partial charge in [-0.2, -0.15) is 81.0 Å². The van der Waals surface area contributed by atoms with Gasteiger partial charge in [0.15, 0.2) is 5.78 Å². The van der Waals surface area contributed by atoms with Crippen molar-refractivity contribution in [1.82, 2.24) is 10.6 Å². The van der Waals surface area contributed by atoms with E-state index in [9.17, 15) is 38.7 Å². The fraction of sp³-hybridized carbons (Fsp3) is 0.837. The van der Waals surface area contributed by atoms with Gasteiger partial charge in [0.25, 0.3) is 0 Å². The third kappa shape index (κ3) is 58.7. The van der Waals surface area contributed by atoms with Crippen LogP contribution < -0.4 is 10.6 Å². The van der Waals surface area contributed by atoms with Crippen LogP contribution in [0, 0.1) is 11.8 Å². The van der Waals surface area contributed by atoms with E-state index in [1.165, 1.54) is 19.3 Å². The lowest BCUT2D eigenvalue weighted by molar-refractivity contribution is -0.144. The zero-order valence-corrected chi connectivity index (χ0v) is 44.1. The van der Waals surface area contributed by atoms with Crippen molar-refractivity contribution in [2.75, 3.05) is 65.9 Å². The number of hydrogen-bond donors (Lipinski definition) is 5. The summed E-state index contributed by atoms with van der Waals surface area (Å²) >= 11 is 0. The van der Waals surface area contributed by atoms with Gasteiger partial charge in [-0.25, -0.2) is 0 Å². The molecule has 0 aliphatic rings. The Morgan fingerprint density at radius 2 is 0.908 bits per heavy atom. The first-order valence-electron chi connectivity index (χ1n) is 21.5. The molecule has 0 aromatic heterocycles. The highest BCUT2D eigenvalue weighted by molar-refractivity contribution is 7.60. The second-order valence-electron chi connectivity index (χ2n) is 14.9. The molecule has 0 heterocycles. The van der Waals surface area contributed by atoms with Crippen LogP contribution in [0.5, 0.6) is 0 Å². The number of ether oxygens (including phenoxy) is 4. The minimum Gasteiger partial charge on any atom is -0.481 e. The molecule has 0 saturated carbocycles. The molecule has 16 nitrogen and oxygen atoms in total. The lowest BCUT2D eigenvalue weighted by atomic mass is 9.94. The normalized spacial score (nSPS) is 10.8. The van der Waals surface area contributed by atoms with E-state index in [0.717, 1.165) is 64.2 Å². The predicted octanol–water partition coefficient (Wildman–Crippen LogP) is 7.07. The number of rotatable bonds is 44. The minimum atomic E-state index is -1.08. The smallest absolute Gasteiger partial charge is 0.306 e. The number of Topliss-reactive ketones (excluding diaryl/α,β-unsaturated/α-hetero) is 2. The zero-order chi connectivity index (χ0) is 43.1. The minimum absolute atomic E-state index is 0. The predicted molar refractivity (Wildman–Crippen MR) is 288 cm³/mol. The van der Waals surface area contributed by atoms with Crippen LogP contribution in [0.25, 0.3) is 0 Å². The lowest BCUT2D eigenvalue weighted by Crippen LogP contribution is -2.29. The zero-order valence-electron chi connectivity index (χ0n) is 38.1. The second-order valence-corrected chi connectivity index (χ2v) is 14.9. The van der Waals surface area contributed by atoms with E-state index in [1.54, 1.807) is 6.92 Å². The van der Waals surface area contributed by atoms with Crippen molar-refractivity contribution >= 4 is 122 Å². The first-order valence-corrected chi connectivity index (χ1v) is 21.5. The van der Waals surface area contributed by atoms with Crippen molar-refractivity contribution in [3.05, 3.63) is 0 Å². The number of ketones is 2. The standard InChI is InChI=1S/C42H74N2O14.CH4.6H2S.H2/c1-34(41(51)52)17-14-15-23-43-39(48)33-58-30-27-55-25-16-19-37(46)32-57-29-28-56-26-24-44-38(47)22-21-35(42(53)54)31-36(45)18-12-10-8-6-4-2-3-5-7-9-11-13-20-40(49)50;;;;;;;;/h34-35H,2-33H2,1H3,(H,43,48)(H,44,47)(H,49,50)(H,51,52)(H,53,54);1H4;6*1H2;1H/t34-,35+;;;;;;;;/m0......../s1. The van der Waals surface area contributed by atoms with Gasteiger partial charge in [0.05, 0.1) is 44.9 Å². The Bertz CT molecular complexity index is 1170. The summed E-state index contributed by atoms with van der Waals surface area (Å²) in [7, 11) is 0. The second kappa shape index (κ2) is 58.8. The molecule has 2 amide bonds. The maximum Gasteiger partial charge on any atom is 0.306 e. The summed E-state index contributed by atoms with van der Waals surface area (Å²) in [6.07, 6.45) is 16.0. The van der Waals surface area contributed by atoms with Crippen LogP contribution in [-0.2, 0) is 52.5 Å². The number of carbonyl (C=O) groups excluding carboxylic acids is 4. The van der Waals surface area contributed by atoms with Gasteiger partial charge in [0.1, 0.15) is 19.0 Å². The molecular formula is C43H92N2O14S6. The molecule has 394 valence electrons. The number of aliphatic carboxylic acids is 3. The van der Waals surface area contributed by atoms with Crippen molar-refractivity contribution in [2.45, 2.75) is 156 Å². The summed E-state index contributed by atoms with van der Waals surface area (Å²) in [5, 5.41) is 32.5. The molecule has 0 aliphatic carbocycles. The largest absolute Gasteiger partial charge is 0.481 e. The lowest BCUT2D eigenvalue weighted by Gasteiger charge is -2.12. The summed E-state index contributed by atoms with van der Waals surface area (Å²) in [4.78, 5) is 81.3. The highest BCUT2D eigenvalue weighted by Gasteiger charge is 2.22. The Balaban J connectivity index is -0.000000580. The molecule has 5 N–H and O–H groups in total. The summed E-state index contributed by atoms with van der Waals surface area (Å²) in [6, 6.07) is 0. The molecule has 22 heteroatoms. The fourth-order valence-electron chi connectivity index (χ4n) is 5.92. The Labute approximate surface area is 433 Å². The topological polar surface area (TPSA) is 241 Å². The van der Waals surface area contributed by atoms with Gasteiger partial charge in [-0.05, 0) is 38.5 Å².